The van der Waals surface area contributed by atoms with E-state index < -0.39 is 6.04 Å². The molecule has 0 saturated heterocycles. The second kappa shape index (κ2) is 8.50. The Morgan fingerprint density at radius 2 is 1.67 bits per heavy atom. The van der Waals surface area contributed by atoms with Gasteiger partial charge < -0.3 is 21.3 Å². The molecule has 3 amide bonds. The lowest BCUT2D eigenvalue weighted by molar-refractivity contribution is -0.116. The molecule has 6 nitrogen and oxygen atoms in total. The minimum Gasteiger partial charge on any atom is -0.374 e. The molecule has 0 radical (unpaired) electrons. The third-order valence-electron chi connectivity index (χ3n) is 4.04. The fourth-order valence-electron chi connectivity index (χ4n) is 2.39. The van der Waals surface area contributed by atoms with Crippen molar-refractivity contribution in [3.63, 3.8) is 0 Å². The predicted molar refractivity (Wildman–Crippen MR) is 110 cm³/mol. The number of anilines is 3. The summed E-state index contributed by atoms with van der Waals surface area (Å²) in [7, 11) is 0. The van der Waals surface area contributed by atoms with Crippen LogP contribution in [0.1, 0.15) is 19.8 Å². The monoisotopic (exact) mass is 406 g/mol. The van der Waals surface area contributed by atoms with E-state index in [0.29, 0.717) is 27.5 Å². The van der Waals surface area contributed by atoms with E-state index in [1.54, 1.807) is 49.4 Å². The fourth-order valence-corrected chi connectivity index (χ4v) is 2.73. The van der Waals surface area contributed by atoms with Crippen LogP contribution < -0.4 is 21.3 Å². The van der Waals surface area contributed by atoms with Gasteiger partial charge in [0.25, 0.3) is 0 Å². The number of benzene rings is 2. The molecule has 1 aliphatic rings. The lowest BCUT2D eigenvalue weighted by Crippen LogP contribution is -2.32. The number of nitrogens with one attached hydrogen (secondary N) is 4. The first-order valence-corrected chi connectivity index (χ1v) is 9.37. The quantitative estimate of drug-likeness (QED) is 0.560. The van der Waals surface area contributed by atoms with E-state index in [4.69, 9.17) is 23.2 Å². The van der Waals surface area contributed by atoms with Gasteiger partial charge in [0.05, 0.1) is 15.7 Å². The zero-order chi connectivity index (χ0) is 19.4. The fraction of sp³-hybridized carbons (Fsp3) is 0.263. The van der Waals surface area contributed by atoms with Gasteiger partial charge in [-0.2, -0.15) is 0 Å². The molecular weight excluding hydrogens is 387 g/mol. The Balaban J connectivity index is 1.53. The Labute approximate surface area is 167 Å². The third kappa shape index (κ3) is 5.52. The van der Waals surface area contributed by atoms with Gasteiger partial charge in [0.1, 0.15) is 6.04 Å². The maximum absolute atomic E-state index is 12.4. The number of hydrogen-bond donors (Lipinski definition) is 4. The van der Waals surface area contributed by atoms with Gasteiger partial charge in [0.2, 0.25) is 5.91 Å². The van der Waals surface area contributed by atoms with Crippen LogP contribution in [0, 0.1) is 0 Å². The Kier molecular flexibility index (Phi) is 6.08. The standard InChI is InChI=1S/C19H20Cl2N4O2/c1-11(18(26)25-16-4-2-3-15(20)17(16)21)22-12-5-7-13(8-6-12)23-19(27)24-14-9-10-14/h2-8,11,14,22H,9-10H2,1H3,(H,25,26)(H2,23,24,27). The first-order chi connectivity index (χ1) is 12.9. The van der Waals surface area contributed by atoms with Crippen molar-refractivity contribution in [2.45, 2.75) is 31.8 Å². The van der Waals surface area contributed by atoms with Crippen molar-refractivity contribution >= 4 is 52.2 Å². The highest BCUT2D eigenvalue weighted by molar-refractivity contribution is 6.44. The Bertz CT molecular complexity index is 838. The normalized spacial score (nSPS) is 14.2. The molecule has 8 heteroatoms. The lowest BCUT2D eigenvalue weighted by atomic mass is 10.2. The van der Waals surface area contributed by atoms with E-state index in [1.807, 2.05) is 0 Å². The first-order valence-electron chi connectivity index (χ1n) is 8.61. The van der Waals surface area contributed by atoms with Crippen LogP contribution in [0.5, 0.6) is 0 Å². The molecular formula is C19H20Cl2N4O2. The Morgan fingerprint density at radius 3 is 2.33 bits per heavy atom. The number of halogens is 2. The molecule has 0 aromatic heterocycles. The van der Waals surface area contributed by atoms with Crippen LogP contribution >= 0.6 is 23.2 Å². The molecule has 1 fully saturated rings. The highest BCUT2D eigenvalue weighted by atomic mass is 35.5. The number of amides is 3. The summed E-state index contributed by atoms with van der Waals surface area (Å²) in [5, 5.41) is 12.2. The molecule has 3 rings (SSSR count). The first kappa shape index (κ1) is 19.3. The second-order valence-electron chi connectivity index (χ2n) is 6.41. The molecule has 0 aliphatic heterocycles. The summed E-state index contributed by atoms with van der Waals surface area (Å²) < 4.78 is 0. The van der Waals surface area contributed by atoms with E-state index >= 15 is 0 Å². The van der Waals surface area contributed by atoms with Gasteiger partial charge in [-0.3, -0.25) is 4.79 Å². The zero-order valence-corrected chi connectivity index (χ0v) is 16.2. The second-order valence-corrected chi connectivity index (χ2v) is 7.19. The number of rotatable bonds is 6. The van der Waals surface area contributed by atoms with Crippen molar-refractivity contribution in [3.05, 3.63) is 52.5 Å². The molecule has 4 N–H and O–H groups in total. The van der Waals surface area contributed by atoms with Gasteiger partial charge in [-0.05, 0) is 56.2 Å². The van der Waals surface area contributed by atoms with E-state index in [9.17, 15) is 9.59 Å². The molecule has 1 saturated carbocycles. The summed E-state index contributed by atoms with van der Waals surface area (Å²) in [5.41, 5.74) is 1.90. The van der Waals surface area contributed by atoms with E-state index in [-0.39, 0.29) is 11.9 Å². The van der Waals surface area contributed by atoms with Crippen LogP contribution in [0.2, 0.25) is 10.0 Å². The maximum atomic E-state index is 12.4. The summed E-state index contributed by atoms with van der Waals surface area (Å²) in [6, 6.07) is 11.8. The summed E-state index contributed by atoms with van der Waals surface area (Å²) in [6.45, 7) is 1.74. The van der Waals surface area contributed by atoms with Crippen LogP contribution in [0.15, 0.2) is 42.5 Å². The number of hydrogen-bond acceptors (Lipinski definition) is 3. The molecule has 1 unspecified atom stereocenters. The van der Waals surface area contributed by atoms with Crippen molar-refractivity contribution in [1.29, 1.82) is 0 Å². The van der Waals surface area contributed by atoms with E-state index in [1.165, 1.54) is 0 Å². The SMILES string of the molecule is CC(Nc1ccc(NC(=O)NC2CC2)cc1)C(=O)Nc1cccc(Cl)c1Cl. The number of carbonyl (C=O) groups excluding carboxylic acids is 2. The van der Waals surface area contributed by atoms with Crippen molar-refractivity contribution in [2.24, 2.45) is 0 Å². The van der Waals surface area contributed by atoms with Gasteiger partial charge >= 0.3 is 6.03 Å². The van der Waals surface area contributed by atoms with Crippen molar-refractivity contribution < 1.29 is 9.59 Å². The molecule has 1 aliphatic carbocycles. The van der Waals surface area contributed by atoms with Gasteiger partial charge in [-0.25, -0.2) is 4.79 Å². The van der Waals surface area contributed by atoms with Crippen LogP contribution in [-0.2, 0) is 4.79 Å². The van der Waals surface area contributed by atoms with Crippen molar-refractivity contribution in [2.75, 3.05) is 16.0 Å². The van der Waals surface area contributed by atoms with Gasteiger partial charge in [-0.15, -0.1) is 0 Å². The van der Waals surface area contributed by atoms with Gasteiger partial charge in [0, 0.05) is 17.4 Å². The maximum Gasteiger partial charge on any atom is 0.319 e. The summed E-state index contributed by atoms with van der Waals surface area (Å²) in [6.07, 6.45) is 2.08. The smallest absolute Gasteiger partial charge is 0.319 e. The van der Waals surface area contributed by atoms with Crippen LogP contribution in [-0.4, -0.2) is 24.0 Å². The van der Waals surface area contributed by atoms with E-state index in [2.05, 4.69) is 21.3 Å². The van der Waals surface area contributed by atoms with Crippen molar-refractivity contribution in [1.82, 2.24) is 5.32 Å². The predicted octanol–water partition coefficient (Wildman–Crippen LogP) is 4.72. The highest BCUT2D eigenvalue weighted by Gasteiger charge is 2.23. The largest absolute Gasteiger partial charge is 0.374 e. The van der Waals surface area contributed by atoms with Crippen molar-refractivity contribution in [3.8, 4) is 0 Å². The zero-order valence-electron chi connectivity index (χ0n) is 14.7. The Hall–Kier alpha value is -2.44. The van der Waals surface area contributed by atoms with Gasteiger partial charge in [0.15, 0.2) is 0 Å². The molecule has 0 spiro atoms. The molecule has 27 heavy (non-hydrogen) atoms. The molecule has 142 valence electrons. The average Bonchev–Trinajstić information content (AvgIpc) is 3.44. The van der Waals surface area contributed by atoms with Crippen LogP contribution in [0.3, 0.4) is 0 Å². The minimum atomic E-state index is -0.503. The molecule has 0 heterocycles. The summed E-state index contributed by atoms with van der Waals surface area (Å²) in [4.78, 5) is 24.1. The Morgan fingerprint density at radius 1 is 1.00 bits per heavy atom. The topological polar surface area (TPSA) is 82.3 Å². The average molecular weight is 407 g/mol. The highest BCUT2D eigenvalue weighted by Crippen LogP contribution is 2.29. The van der Waals surface area contributed by atoms with Crippen LogP contribution in [0.25, 0.3) is 0 Å². The number of urea groups is 1. The minimum absolute atomic E-state index is 0.204. The van der Waals surface area contributed by atoms with Crippen LogP contribution in [0.4, 0.5) is 21.9 Å². The summed E-state index contributed by atoms with van der Waals surface area (Å²) in [5.74, 6) is -0.245. The number of carbonyl (C=O) groups is 2. The lowest BCUT2D eigenvalue weighted by Gasteiger charge is -2.16. The van der Waals surface area contributed by atoms with E-state index in [0.717, 1.165) is 18.5 Å². The summed E-state index contributed by atoms with van der Waals surface area (Å²) >= 11 is 12.0. The molecule has 0 bridgehead atoms. The van der Waals surface area contributed by atoms with Gasteiger partial charge in [-0.1, -0.05) is 29.3 Å². The molecule has 2 aromatic carbocycles. The third-order valence-corrected chi connectivity index (χ3v) is 4.86. The molecule has 2 aromatic rings. The molecule has 1 atom stereocenters.